The lowest BCUT2D eigenvalue weighted by molar-refractivity contribution is -0.162. The highest BCUT2D eigenvalue weighted by Gasteiger charge is 2.36. The Hall–Kier alpha value is -2.62. The maximum atomic E-state index is 12.6. The van der Waals surface area contributed by atoms with E-state index in [1.54, 1.807) is 18.3 Å². The number of fused-ring (bicyclic) bond motifs is 1. The summed E-state index contributed by atoms with van der Waals surface area (Å²) in [7, 11) is 0. The lowest BCUT2D eigenvalue weighted by atomic mass is 9.83. The minimum atomic E-state index is -4.50. The summed E-state index contributed by atoms with van der Waals surface area (Å²) in [5, 5.41) is 10.1. The predicted octanol–water partition coefficient (Wildman–Crippen LogP) is 4.01. The molecular formula is C19H18F3N3O. The number of alkyl halides is 3. The number of amides is 1. The highest BCUT2D eigenvalue weighted by atomic mass is 19.4. The Bertz CT molecular complexity index is 872. The Labute approximate surface area is 149 Å². The van der Waals surface area contributed by atoms with Crippen molar-refractivity contribution in [2.45, 2.75) is 31.9 Å². The van der Waals surface area contributed by atoms with Gasteiger partial charge in [-0.3, -0.25) is 9.78 Å². The molecule has 0 aliphatic carbocycles. The third-order valence-corrected chi connectivity index (χ3v) is 4.73. The number of benzene rings is 1. The van der Waals surface area contributed by atoms with Crippen molar-refractivity contribution in [1.29, 1.82) is 5.26 Å². The van der Waals surface area contributed by atoms with Crippen molar-refractivity contribution in [2.75, 3.05) is 13.1 Å². The van der Waals surface area contributed by atoms with Crippen molar-refractivity contribution in [1.82, 2.24) is 9.88 Å². The molecule has 136 valence electrons. The Morgan fingerprint density at radius 1 is 1.35 bits per heavy atom. The average Bonchev–Trinajstić information content (AvgIpc) is 2.58. The van der Waals surface area contributed by atoms with E-state index in [1.807, 2.05) is 19.1 Å². The van der Waals surface area contributed by atoms with Crippen LogP contribution in [0.15, 0.2) is 30.5 Å². The number of nitriles is 1. The summed E-state index contributed by atoms with van der Waals surface area (Å²) < 4.78 is 37.8. The number of halogens is 3. The van der Waals surface area contributed by atoms with Crippen LogP contribution in [-0.2, 0) is 4.79 Å². The molecule has 1 saturated heterocycles. The molecule has 0 N–H and O–H groups in total. The maximum Gasteiger partial charge on any atom is 0.397 e. The number of likely N-dealkylation sites (tertiary alicyclic amines) is 1. The van der Waals surface area contributed by atoms with E-state index in [4.69, 9.17) is 0 Å². The Balaban J connectivity index is 1.93. The van der Waals surface area contributed by atoms with Crippen molar-refractivity contribution < 1.29 is 18.0 Å². The number of nitrogens with zero attached hydrogens (tertiary/aromatic N) is 3. The summed E-state index contributed by atoms with van der Waals surface area (Å²) in [5.74, 6) is -0.881. The molecule has 0 bridgehead atoms. The average molecular weight is 361 g/mol. The molecule has 1 fully saturated rings. The van der Waals surface area contributed by atoms with Crippen LogP contribution in [0.5, 0.6) is 0 Å². The zero-order valence-corrected chi connectivity index (χ0v) is 14.3. The van der Waals surface area contributed by atoms with E-state index in [1.165, 1.54) is 4.90 Å². The van der Waals surface area contributed by atoms with Gasteiger partial charge in [0.05, 0.1) is 11.1 Å². The number of carbonyl (C=O) groups excluding carboxylic acids is 1. The smallest absolute Gasteiger partial charge is 0.342 e. The molecule has 2 atom stereocenters. The van der Waals surface area contributed by atoms with Crippen molar-refractivity contribution in [3.63, 3.8) is 0 Å². The SMILES string of the molecule is CC1CC(c2ccc(C#N)c3ncccc23)CN(C(=O)CC(F)(F)F)C1. The van der Waals surface area contributed by atoms with E-state index in [2.05, 4.69) is 11.1 Å². The molecule has 26 heavy (non-hydrogen) atoms. The van der Waals surface area contributed by atoms with E-state index in [0.29, 0.717) is 17.6 Å². The lowest BCUT2D eigenvalue weighted by Crippen LogP contribution is -2.43. The molecule has 2 unspecified atom stereocenters. The van der Waals surface area contributed by atoms with Gasteiger partial charge in [0.15, 0.2) is 0 Å². The Morgan fingerprint density at radius 3 is 2.81 bits per heavy atom. The van der Waals surface area contributed by atoms with Gasteiger partial charge < -0.3 is 4.90 Å². The second-order valence-electron chi connectivity index (χ2n) is 6.84. The van der Waals surface area contributed by atoms with Gasteiger partial charge in [0.2, 0.25) is 5.91 Å². The number of carbonyl (C=O) groups is 1. The third-order valence-electron chi connectivity index (χ3n) is 4.73. The van der Waals surface area contributed by atoms with Crippen LogP contribution in [0.2, 0.25) is 0 Å². The molecule has 7 heteroatoms. The summed E-state index contributed by atoms with van der Waals surface area (Å²) in [6.45, 7) is 2.51. The van der Waals surface area contributed by atoms with Gasteiger partial charge in [0.1, 0.15) is 12.5 Å². The molecule has 1 aromatic carbocycles. The maximum absolute atomic E-state index is 12.6. The largest absolute Gasteiger partial charge is 0.397 e. The van der Waals surface area contributed by atoms with Gasteiger partial charge in [0.25, 0.3) is 0 Å². The van der Waals surface area contributed by atoms with E-state index < -0.39 is 18.5 Å². The zero-order chi connectivity index (χ0) is 18.9. The monoisotopic (exact) mass is 361 g/mol. The molecule has 1 aliphatic heterocycles. The zero-order valence-electron chi connectivity index (χ0n) is 14.3. The summed E-state index contributed by atoms with van der Waals surface area (Å²) in [4.78, 5) is 17.6. The predicted molar refractivity (Wildman–Crippen MR) is 90.2 cm³/mol. The molecule has 0 spiro atoms. The number of hydrogen-bond acceptors (Lipinski definition) is 3. The quantitative estimate of drug-likeness (QED) is 0.812. The second kappa shape index (κ2) is 6.94. The molecule has 1 aliphatic rings. The van der Waals surface area contributed by atoms with E-state index >= 15 is 0 Å². The van der Waals surface area contributed by atoms with Crippen LogP contribution < -0.4 is 0 Å². The summed E-state index contributed by atoms with van der Waals surface area (Å²) >= 11 is 0. The van der Waals surface area contributed by atoms with Gasteiger partial charge in [-0.25, -0.2) is 0 Å². The first-order valence-electron chi connectivity index (χ1n) is 8.40. The van der Waals surface area contributed by atoms with Crippen LogP contribution in [0.25, 0.3) is 10.9 Å². The standard InChI is InChI=1S/C19H18F3N3O/c1-12-7-14(11-25(10-12)17(26)8-19(20,21)22)15-5-4-13(9-23)18-16(15)3-2-6-24-18/h2-6,12,14H,7-8,10-11H2,1H3. The first kappa shape index (κ1) is 18.2. The van der Waals surface area contributed by atoms with E-state index in [-0.39, 0.29) is 18.4 Å². The van der Waals surface area contributed by atoms with E-state index in [0.717, 1.165) is 17.4 Å². The summed E-state index contributed by atoms with van der Waals surface area (Å²) in [6, 6.07) is 9.26. The van der Waals surface area contributed by atoms with Gasteiger partial charge in [0, 0.05) is 30.6 Å². The molecule has 1 aromatic heterocycles. The molecule has 0 saturated carbocycles. The number of hydrogen-bond donors (Lipinski definition) is 0. The molecule has 2 heterocycles. The summed E-state index contributed by atoms with van der Waals surface area (Å²) in [6.07, 6.45) is -3.55. The van der Waals surface area contributed by atoms with Gasteiger partial charge in [-0.15, -0.1) is 0 Å². The fourth-order valence-corrected chi connectivity index (χ4v) is 3.70. The van der Waals surface area contributed by atoms with Crippen LogP contribution in [0.4, 0.5) is 13.2 Å². The van der Waals surface area contributed by atoms with Crippen molar-refractivity contribution in [3.05, 3.63) is 41.6 Å². The van der Waals surface area contributed by atoms with Crippen LogP contribution in [0, 0.1) is 17.2 Å². The van der Waals surface area contributed by atoms with Gasteiger partial charge in [-0.2, -0.15) is 18.4 Å². The van der Waals surface area contributed by atoms with E-state index in [9.17, 15) is 23.2 Å². The van der Waals surface area contributed by atoms with Crippen molar-refractivity contribution in [2.24, 2.45) is 5.92 Å². The number of rotatable bonds is 2. The van der Waals surface area contributed by atoms with Gasteiger partial charge in [-0.05, 0) is 30.0 Å². The van der Waals surface area contributed by atoms with Crippen LogP contribution in [-0.4, -0.2) is 35.1 Å². The van der Waals surface area contributed by atoms with Crippen molar-refractivity contribution in [3.8, 4) is 6.07 Å². The topological polar surface area (TPSA) is 57.0 Å². The van der Waals surface area contributed by atoms with Crippen LogP contribution in [0.1, 0.15) is 36.8 Å². The normalized spacial score (nSPS) is 20.8. The minimum Gasteiger partial charge on any atom is -0.342 e. The first-order valence-corrected chi connectivity index (χ1v) is 8.40. The molecule has 1 amide bonds. The Kier molecular flexibility index (Phi) is 4.86. The first-order chi connectivity index (χ1) is 12.3. The minimum absolute atomic E-state index is 0.0876. The van der Waals surface area contributed by atoms with Gasteiger partial charge >= 0.3 is 6.18 Å². The molecule has 4 nitrogen and oxygen atoms in total. The fourth-order valence-electron chi connectivity index (χ4n) is 3.70. The molecule has 2 aromatic rings. The number of pyridine rings is 1. The van der Waals surface area contributed by atoms with Crippen LogP contribution in [0.3, 0.4) is 0 Å². The molecule has 3 rings (SSSR count). The highest BCUT2D eigenvalue weighted by Crippen LogP contribution is 2.35. The Morgan fingerprint density at radius 2 is 2.12 bits per heavy atom. The highest BCUT2D eigenvalue weighted by molar-refractivity contribution is 5.87. The van der Waals surface area contributed by atoms with Crippen molar-refractivity contribution >= 4 is 16.8 Å². The summed E-state index contributed by atoms with van der Waals surface area (Å²) in [5.41, 5.74) is 1.96. The fraction of sp³-hybridized carbons (Fsp3) is 0.421. The molecule has 0 radical (unpaired) electrons. The number of piperidine rings is 1. The third kappa shape index (κ3) is 3.79. The lowest BCUT2D eigenvalue weighted by Gasteiger charge is -2.37. The van der Waals surface area contributed by atoms with Gasteiger partial charge in [-0.1, -0.05) is 19.1 Å². The second-order valence-corrected chi connectivity index (χ2v) is 6.84. The van der Waals surface area contributed by atoms with Crippen LogP contribution >= 0.6 is 0 Å². The number of aromatic nitrogens is 1. The molecular weight excluding hydrogens is 343 g/mol.